The molecule has 0 aromatic heterocycles. The number of halogens is 1. The molecule has 0 unspecified atom stereocenters. The number of alkyl halides is 1. The Morgan fingerprint density at radius 2 is 2.17 bits per heavy atom. The summed E-state index contributed by atoms with van der Waals surface area (Å²) in [5, 5.41) is 15.8. The number of allylic oxidation sites excluding steroid dienone is 1. The molecule has 0 fully saturated rings. The number of hydrogen-bond donors (Lipinski definition) is 2. The Balaban J connectivity index is 3.14. The Bertz CT molecular complexity index is 55.8. The Labute approximate surface area is 40.7 Å². The highest BCUT2D eigenvalue weighted by Gasteiger charge is 1.75. The van der Waals surface area contributed by atoms with Gasteiger partial charge in [0.1, 0.15) is 0 Å². The Morgan fingerprint density at radius 3 is 2.17 bits per heavy atom. The summed E-state index contributed by atoms with van der Waals surface area (Å²) in [6, 6.07) is 0. The molecule has 2 N–H and O–H groups in total. The molecular formula is C3H5ClO2. The maximum absolute atomic E-state index is 7.88. The third kappa shape index (κ3) is 3.63. The topological polar surface area (TPSA) is 40.5 Å². The third-order valence-electron chi connectivity index (χ3n) is 0.260. The normalized spacial score (nSPS) is 7.50. The summed E-state index contributed by atoms with van der Waals surface area (Å²) in [5.41, 5.74) is 0. The standard InChI is InChI=1S/C3H5ClO2/c4-2-1-3(5)6/h1,5-6H,2H2. The van der Waals surface area contributed by atoms with Crippen molar-refractivity contribution < 1.29 is 10.2 Å². The van der Waals surface area contributed by atoms with Crippen molar-refractivity contribution in [2.45, 2.75) is 0 Å². The van der Waals surface area contributed by atoms with Crippen LogP contribution >= 0.6 is 11.6 Å². The van der Waals surface area contributed by atoms with E-state index in [0.717, 1.165) is 6.08 Å². The molecule has 6 heavy (non-hydrogen) atoms. The van der Waals surface area contributed by atoms with Gasteiger partial charge in [0.2, 0.25) is 0 Å². The second-order valence-corrected chi connectivity index (χ2v) is 1.03. The number of aliphatic hydroxyl groups excluding tert-OH is 1. The van der Waals surface area contributed by atoms with Crippen LogP contribution in [0.25, 0.3) is 0 Å². The summed E-state index contributed by atoms with van der Waals surface area (Å²) in [4.78, 5) is 0. The highest BCUT2D eigenvalue weighted by atomic mass is 35.5. The molecule has 0 aromatic carbocycles. The predicted molar refractivity (Wildman–Crippen MR) is 24.1 cm³/mol. The van der Waals surface area contributed by atoms with Crippen LogP contribution in [0, 0.1) is 0 Å². The zero-order chi connectivity index (χ0) is 4.99. The first-order valence-corrected chi connectivity index (χ1v) is 1.95. The summed E-state index contributed by atoms with van der Waals surface area (Å²) < 4.78 is 0. The molecule has 0 bridgehead atoms. The lowest BCUT2D eigenvalue weighted by Crippen LogP contribution is -1.73. The van der Waals surface area contributed by atoms with E-state index in [9.17, 15) is 0 Å². The Hall–Kier alpha value is -0.370. The summed E-state index contributed by atoms with van der Waals surface area (Å²) in [6.45, 7) is 0. The first-order chi connectivity index (χ1) is 2.77. The average molecular weight is 109 g/mol. The second-order valence-electron chi connectivity index (χ2n) is 0.717. The first-order valence-electron chi connectivity index (χ1n) is 1.41. The largest absolute Gasteiger partial charge is 0.481 e. The maximum Gasteiger partial charge on any atom is 0.271 e. The molecule has 2 nitrogen and oxygen atoms in total. The van der Waals surface area contributed by atoms with Crippen LogP contribution in [-0.2, 0) is 0 Å². The van der Waals surface area contributed by atoms with E-state index in [2.05, 4.69) is 0 Å². The summed E-state index contributed by atoms with van der Waals surface area (Å²) in [7, 11) is 0. The summed E-state index contributed by atoms with van der Waals surface area (Å²) in [6.07, 6.45) is 1.08. The molecule has 0 aliphatic rings. The molecule has 0 heterocycles. The quantitative estimate of drug-likeness (QED) is 0.391. The van der Waals surface area contributed by atoms with Gasteiger partial charge in [0.05, 0.1) is 0 Å². The van der Waals surface area contributed by atoms with Gasteiger partial charge in [0.25, 0.3) is 5.95 Å². The molecule has 0 aliphatic heterocycles. The predicted octanol–water partition coefficient (Wildman–Crippen LogP) is 1.18. The summed E-state index contributed by atoms with van der Waals surface area (Å²) in [5.74, 6) is -0.576. The van der Waals surface area contributed by atoms with Crippen molar-refractivity contribution in [3.8, 4) is 0 Å². The third-order valence-corrected chi connectivity index (χ3v) is 0.414. The Morgan fingerprint density at radius 1 is 1.67 bits per heavy atom. The number of hydrogen-bond acceptors (Lipinski definition) is 2. The fourth-order valence-corrected chi connectivity index (χ4v) is 0.207. The minimum Gasteiger partial charge on any atom is -0.481 e. The van der Waals surface area contributed by atoms with Gasteiger partial charge in [-0.3, -0.25) is 0 Å². The van der Waals surface area contributed by atoms with Crippen LogP contribution in [-0.4, -0.2) is 16.1 Å². The lowest BCUT2D eigenvalue weighted by molar-refractivity contribution is 0.190. The van der Waals surface area contributed by atoms with Crippen LogP contribution in [0.1, 0.15) is 0 Å². The van der Waals surface area contributed by atoms with Gasteiger partial charge in [-0.1, -0.05) is 0 Å². The molecule has 0 aromatic rings. The van der Waals surface area contributed by atoms with Crippen molar-refractivity contribution in [1.82, 2.24) is 0 Å². The molecule has 0 atom stereocenters. The van der Waals surface area contributed by atoms with E-state index in [0.29, 0.717) is 0 Å². The van der Waals surface area contributed by atoms with Crippen molar-refractivity contribution in [1.29, 1.82) is 0 Å². The van der Waals surface area contributed by atoms with E-state index in [1.54, 1.807) is 0 Å². The second kappa shape index (κ2) is 2.85. The van der Waals surface area contributed by atoms with E-state index < -0.39 is 5.95 Å². The molecule has 0 aliphatic carbocycles. The van der Waals surface area contributed by atoms with Gasteiger partial charge in [-0.25, -0.2) is 0 Å². The zero-order valence-corrected chi connectivity index (χ0v) is 3.81. The van der Waals surface area contributed by atoms with E-state index in [1.807, 2.05) is 0 Å². The Kier molecular flexibility index (Phi) is 2.67. The highest BCUT2D eigenvalue weighted by Crippen LogP contribution is 1.80. The van der Waals surface area contributed by atoms with Gasteiger partial charge in [0.15, 0.2) is 0 Å². The molecule has 0 amide bonds. The summed E-state index contributed by atoms with van der Waals surface area (Å²) >= 11 is 5.00. The van der Waals surface area contributed by atoms with Crippen LogP contribution < -0.4 is 0 Å². The van der Waals surface area contributed by atoms with Gasteiger partial charge in [-0.05, 0) is 0 Å². The maximum atomic E-state index is 7.88. The average Bonchev–Trinajstić information content (AvgIpc) is 1.35. The fraction of sp³-hybridized carbons (Fsp3) is 0.333. The van der Waals surface area contributed by atoms with Crippen LogP contribution in [0.4, 0.5) is 0 Å². The van der Waals surface area contributed by atoms with E-state index in [1.165, 1.54) is 0 Å². The number of aliphatic hydroxyl groups is 2. The molecule has 36 valence electrons. The van der Waals surface area contributed by atoms with Crippen molar-refractivity contribution >= 4 is 11.6 Å². The fourth-order valence-electron chi connectivity index (χ4n) is 0.0690. The van der Waals surface area contributed by atoms with Crippen LogP contribution in [0.3, 0.4) is 0 Å². The smallest absolute Gasteiger partial charge is 0.271 e. The van der Waals surface area contributed by atoms with Gasteiger partial charge in [-0.2, -0.15) is 0 Å². The van der Waals surface area contributed by atoms with Crippen molar-refractivity contribution in [3.63, 3.8) is 0 Å². The van der Waals surface area contributed by atoms with E-state index in [-0.39, 0.29) is 5.88 Å². The van der Waals surface area contributed by atoms with E-state index in [4.69, 9.17) is 21.8 Å². The minimum absolute atomic E-state index is 0.141. The van der Waals surface area contributed by atoms with Crippen LogP contribution in [0.2, 0.25) is 0 Å². The lowest BCUT2D eigenvalue weighted by atomic mass is 10.7. The highest BCUT2D eigenvalue weighted by molar-refractivity contribution is 6.18. The van der Waals surface area contributed by atoms with Crippen molar-refractivity contribution in [2.75, 3.05) is 5.88 Å². The van der Waals surface area contributed by atoms with Crippen LogP contribution in [0.5, 0.6) is 0 Å². The monoisotopic (exact) mass is 108 g/mol. The SMILES string of the molecule is OC(O)=CCCl. The zero-order valence-electron chi connectivity index (χ0n) is 3.06. The molecule has 0 rings (SSSR count). The first kappa shape index (κ1) is 5.63. The minimum atomic E-state index is -0.718. The molecular weight excluding hydrogens is 103 g/mol. The number of rotatable bonds is 1. The van der Waals surface area contributed by atoms with Gasteiger partial charge in [-0.15, -0.1) is 11.6 Å². The van der Waals surface area contributed by atoms with Crippen molar-refractivity contribution in [2.24, 2.45) is 0 Å². The van der Waals surface area contributed by atoms with Crippen LogP contribution in [0.15, 0.2) is 12.0 Å². The van der Waals surface area contributed by atoms with Gasteiger partial charge < -0.3 is 10.2 Å². The molecule has 0 saturated carbocycles. The molecule has 0 spiro atoms. The molecule has 0 saturated heterocycles. The van der Waals surface area contributed by atoms with Crippen molar-refractivity contribution in [3.05, 3.63) is 12.0 Å². The molecule has 3 heteroatoms. The lowest BCUT2D eigenvalue weighted by Gasteiger charge is -1.78. The van der Waals surface area contributed by atoms with E-state index >= 15 is 0 Å². The van der Waals surface area contributed by atoms with Gasteiger partial charge >= 0.3 is 0 Å². The molecule has 0 radical (unpaired) electrons. The van der Waals surface area contributed by atoms with Gasteiger partial charge in [0, 0.05) is 12.0 Å².